The highest BCUT2D eigenvalue weighted by Gasteiger charge is 2.11. The third-order valence-electron chi connectivity index (χ3n) is 7.61. The molecule has 59 heavy (non-hydrogen) atoms. The van der Waals surface area contributed by atoms with Crippen LogP contribution in [0, 0.1) is 24.4 Å². The Balaban J connectivity index is 0.000000224. The summed E-state index contributed by atoms with van der Waals surface area (Å²) in [5.41, 5.74) is 16.0. The average molecular weight is 804 g/mol. The van der Waals surface area contributed by atoms with E-state index in [-0.39, 0.29) is 18.7 Å². The van der Waals surface area contributed by atoms with E-state index in [2.05, 4.69) is 61.6 Å². The van der Waals surface area contributed by atoms with Crippen LogP contribution in [0.5, 0.6) is 11.5 Å². The molecule has 0 saturated carbocycles. The molecular formula is C41H37N7O11. The standard InChI is InChI=1S/C21H20N4O5.C20H17N3O6/c1-22-21(26)11-15-4-3-5-16(10-15)24-29-8-9-30-25-17-6-7-18(19(12-17)27-2)20-13-23-14-28-20;1-26-18-11-16(5-6-17(18)19-12-21-13-27-19)23-29-8-7-28-22-15-4-2-3-14(9-15)10-20(24)25/h3-7,10,12-14,24-25H,11H2,1-2H3,(H,22,26);2-6,9,11-13,22-23H,10H2,1H3,(H,24,25). The lowest BCUT2D eigenvalue weighted by Gasteiger charge is -2.08. The first-order chi connectivity index (χ1) is 28.8. The second kappa shape index (κ2) is 22.0. The third-order valence-corrected chi connectivity index (χ3v) is 7.61. The monoisotopic (exact) mass is 803 g/mol. The van der Waals surface area contributed by atoms with Crippen molar-refractivity contribution in [2.45, 2.75) is 12.8 Å². The second-order valence-corrected chi connectivity index (χ2v) is 11.6. The van der Waals surface area contributed by atoms with E-state index in [0.29, 0.717) is 51.3 Å². The van der Waals surface area contributed by atoms with E-state index < -0.39 is 5.97 Å². The predicted molar refractivity (Wildman–Crippen MR) is 213 cm³/mol. The number of carbonyl (C=O) groups excluding carboxylic acids is 1. The van der Waals surface area contributed by atoms with Gasteiger partial charge in [0.15, 0.2) is 48.7 Å². The number of ether oxygens (including phenoxy) is 2. The smallest absolute Gasteiger partial charge is 0.307 e. The predicted octanol–water partition coefficient (Wildman–Crippen LogP) is 6.23. The molecule has 4 aromatic carbocycles. The summed E-state index contributed by atoms with van der Waals surface area (Å²) >= 11 is 0. The van der Waals surface area contributed by atoms with Gasteiger partial charge in [0.2, 0.25) is 5.91 Å². The number of rotatable bonds is 16. The number of carboxylic acid groups (broad SMARTS) is 1. The SMILES string of the molecule is CNC(=O)Cc1cccc(NOC#CONc2ccc(-c3cnco3)c(OC)c2)c1.COc1cc(NOC#CONc2cccc(CC(=O)O)c2)ccc1-c1cnco1. The van der Waals surface area contributed by atoms with Crippen molar-refractivity contribution in [2.24, 2.45) is 0 Å². The van der Waals surface area contributed by atoms with Gasteiger partial charge in [0.25, 0.3) is 0 Å². The number of methoxy groups -OCH3 is 2. The van der Waals surface area contributed by atoms with Gasteiger partial charge in [-0.2, -0.15) is 0 Å². The molecule has 0 atom stereocenters. The maximum Gasteiger partial charge on any atom is 0.307 e. The largest absolute Gasteiger partial charge is 0.496 e. The van der Waals surface area contributed by atoms with Crippen molar-refractivity contribution in [1.82, 2.24) is 15.3 Å². The minimum atomic E-state index is -0.909. The zero-order chi connectivity index (χ0) is 41.7. The van der Waals surface area contributed by atoms with Gasteiger partial charge in [-0.25, -0.2) is 31.9 Å². The normalized spacial score (nSPS) is 9.68. The molecule has 0 bridgehead atoms. The summed E-state index contributed by atoms with van der Waals surface area (Å²) in [6, 6.07) is 24.6. The van der Waals surface area contributed by atoms with Crippen molar-refractivity contribution in [1.29, 1.82) is 0 Å². The molecule has 0 radical (unpaired) electrons. The molecule has 0 fully saturated rings. The number of carbonyl (C=O) groups is 2. The van der Waals surface area contributed by atoms with E-state index in [9.17, 15) is 9.59 Å². The molecule has 1 amide bonds. The molecule has 18 nitrogen and oxygen atoms in total. The molecule has 0 aliphatic heterocycles. The average Bonchev–Trinajstić information content (AvgIpc) is 4.00. The van der Waals surface area contributed by atoms with Crippen LogP contribution in [0.25, 0.3) is 22.6 Å². The van der Waals surface area contributed by atoms with Crippen LogP contribution < -0.4 is 36.7 Å². The zero-order valence-corrected chi connectivity index (χ0v) is 31.7. The maximum absolute atomic E-state index is 11.4. The number of anilines is 4. The number of hydrogen-bond acceptors (Lipinski definition) is 16. The van der Waals surface area contributed by atoms with Gasteiger partial charge in [-0.1, -0.05) is 24.3 Å². The van der Waals surface area contributed by atoms with Crippen molar-refractivity contribution in [3.8, 4) is 58.6 Å². The molecule has 6 N–H and O–H groups in total. The molecule has 6 aromatic rings. The Hall–Kier alpha value is -8.64. The Morgan fingerprint density at radius 1 is 0.610 bits per heavy atom. The van der Waals surface area contributed by atoms with Crippen LogP contribution in [0.4, 0.5) is 22.7 Å². The summed E-state index contributed by atoms with van der Waals surface area (Å²) in [5, 5.41) is 11.4. The number of nitrogens with one attached hydrogen (secondary N) is 5. The van der Waals surface area contributed by atoms with Gasteiger partial charge in [0.05, 0.1) is 73.3 Å². The molecule has 6 rings (SSSR count). The van der Waals surface area contributed by atoms with Crippen molar-refractivity contribution >= 4 is 34.6 Å². The van der Waals surface area contributed by atoms with Crippen molar-refractivity contribution < 1.29 is 52.4 Å². The molecule has 2 heterocycles. The molecule has 2 aromatic heterocycles. The number of likely N-dealkylation sites (N-methyl/N-ethyl adjacent to an activating group) is 1. The molecule has 0 spiro atoms. The maximum atomic E-state index is 11.4. The van der Waals surface area contributed by atoms with E-state index in [1.165, 1.54) is 12.8 Å². The molecule has 18 heteroatoms. The highest BCUT2D eigenvalue weighted by Crippen LogP contribution is 2.33. The van der Waals surface area contributed by atoms with Crippen molar-refractivity contribution in [3.63, 3.8) is 0 Å². The summed E-state index contributed by atoms with van der Waals surface area (Å²) in [5.74, 6) is 1.36. The van der Waals surface area contributed by atoms with Gasteiger partial charge in [0, 0.05) is 19.2 Å². The van der Waals surface area contributed by atoms with Crippen LogP contribution in [0.3, 0.4) is 0 Å². The van der Waals surface area contributed by atoms with Gasteiger partial charge >= 0.3 is 5.97 Å². The highest BCUT2D eigenvalue weighted by atomic mass is 16.7. The lowest BCUT2D eigenvalue weighted by molar-refractivity contribution is -0.136. The van der Waals surface area contributed by atoms with E-state index >= 15 is 0 Å². The third kappa shape index (κ3) is 13.3. The molecule has 0 aliphatic carbocycles. The number of amides is 1. The summed E-state index contributed by atoms with van der Waals surface area (Å²) in [6.07, 6.45) is 15.4. The molecule has 0 aliphatic rings. The van der Waals surface area contributed by atoms with Crippen LogP contribution in [-0.4, -0.2) is 48.2 Å². The van der Waals surface area contributed by atoms with E-state index in [1.807, 2.05) is 18.2 Å². The number of hydrogen-bond donors (Lipinski definition) is 6. The summed E-state index contributed by atoms with van der Waals surface area (Å²) in [4.78, 5) is 50.0. The second-order valence-electron chi connectivity index (χ2n) is 11.6. The fraction of sp³-hybridized carbons (Fsp3) is 0.122. The van der Waals surface area contributed by atoms with Gasteiger partial charge in [0.1, 0.15) is 11.5 Å². The number of carboxylic acids is 1. The number of benzene rings is 4. The van der Waals surface area contributed by atoms with Crippen molar-refractivity contribution in [3.05, 3.63) is 121 Å². The molecular weight excluding hydrogens is 766 g/mol. The van der Waals surface area contributed by atoms with Gasteiger partial charge in [-0.15, -0.1) is 0 Å². The first-order valence-corrected chi connectivity index (χ1v) is 17.3. The minimum absolute atomic E-state index is 0.0715. The summed E-state index contributed by atoms with van der Waals surface area (Å²) in [6.45, 7) is 0. The van der Waals surface area contributed by atoms with Crippen molar-refractivity contribution in [2.75, 3.05) is 43.2 Å². The Morgan fingerprint density at radius 2 is 1.03 bits per heavy atom. The Bertz CT molecular complexity index is 2400. The van der Waals surface area contributed by atoms with Crippen LogP contribution >= 0.6 is 0 Å². The molecule has 302 valence electrons. The number of aliphatic carboxylic acids is 1. The molecule has 0 saturated heterocycles. The lowest BCUT2D eigenvalue weighted by atomic mass is 10.1. The van der Waals surface area contributed by atoms with Crippen LogP contribution in [0.15, 0.2) is 119 Å². The van der Waals surface area contributed by atoms with Gasteiger partial charge in [-0.3, -0.25) is 9.59 Å². The molecule has 0 unspecified atom stereocenters. The first kappa shape index (κ1) is 41.5. The number of oxazole rings is 2. The van der Waals surface area contributed by atoms with Crippen LogP contribution in [0.2, 0.25) is 0 Å². The Morgan fingerprint density at radius 3 is 1.41 bits per heavy atom. The van der Waals surface area contributed by atoms with E-state index in [1.54, 1.807) is 100 Å². The summed E-state index contributed by atoms with van der Waals surface area (Å²) in [7, 11) is 4.70. The van der Waals surface area contributed by atoms with Crippen LogP contribution in [0.1, 0.15) is 11.1 Å². The first-order valence-electron chi connectivity index (χ1n) is 17.3. The lowest BCUT2D eigenvalue weighted by Crippen LogP contribution is -2.19. The Kier molecular flexibility index (Phi) is 15.5. The fourth-order valence-corrected chi connectivity index (χ4v) is 4.97. The zero-order valence-electron chi connectivity index (χ0n) is 31.7. The van der Waals surface area contributed by atoms with Crippen LogP contribution in [-0.2, 0) is 41.8 Å². The van der Waals surface area contributed by atoms with Gasteiger partial charge in [-0.05, 0) is 59.7 Å². The Labute approximate surface area is 337 Å². The van der Waals surface area contributed by atoms with Gasteiger partial charge < -0.3 is 48.1 Å². The number of aromatic nitrogens is 2. The minimum Gasteiger partial charge on any atom is -0.496 e. The topological polar surface area (TPSA) is 222 Å². The van der Waals surface area contributed by atoms with E-state index in [4.69, 9.17) is 42.8 Å². The number of nitrogens with zero attached hydrogens (tertiary/aromatic N) is 2. The quantitative estimate of drug-likeness (QED) is 0.0472. The highest BCUT2D eigenvalue weighted by molar-refractivity contribution is 5.78. The summed E-state index contributed by atoms with van der Waals surface area (Å²) < 4.78 is 21.3. The fourth-order valence-electron chi connectivity index (χ4n) is 4.97. The van der Waals surface area contributed by atoms with E-state index in [0.717, 1.165) is 16.7 Å².